The van der Waals surface area contributed by atoms with E-state index in [0.717, 1.165) is 44.9 Å². The van der Waals surface area contributed by atoms with E-state index in [2.05, 4.69) is 19.2 Å². The number of hydrogen-bond acceptors (Lipinski definition) is 13. The van der Waals surface area contributed by atoms with Crippen molar-refractivity contribution in [3.05, 3.63) is 12.2 Å². The summed E-state index contributed by atoms with van der Waals surface area (Å²) < 4.78 is 23.0. The molecule has 9 N–H and O–H groups in total. The summed E-state index contributed by atoms with van der Waals surface area (Å²) in [5, 5.41) is 87.9. The van der Waals surface area contributed by atoms with Gasteiger partial charge in [-0.25, -0.2) is 0 Å². The summed E-state index contributed by atoms with van der Waals surface area (Å²) >= 11 is 0. The van der Waals surface area contributed by atoms with E-state index in [0.29, 0.717) is 0 Å². The minimum Gasteiger partial charge on any atom is -0.394 e. The van der Waals surface area contributed by atoms with Gasteiger partial charge in [-0.1, -0.05) is 463 Å². The van der Waals surface area contributed by atoms with E-state index < -0.39 is 86.8 Å². The molecule has 14 heteroatoms. The van der Waals surface area contributed by atoms with E-state index in [-0.39, 0.29) is 18.9 Å². The average Bonchev–Trinajstić information content (AvgIpc) is 0.789. The summed E-state index contributed by atoms with van der Waals surface area (Å²) in [5.41, 5.74) is 0. The molecule has 12 unspecified atom stereocenters. The van der Waals surface area contributed by atoms with Gasteiger partial charge in [-0.3, -0.25) is 4.79 Å². The third-order valence-electron chi connectivity index (χ3n) is 23.5. The van der Waals surface area contributed by atoms with Gasteiger partial charge in [0.1, 0.15) is 48.8 Å². The summed E-state index contributed by atoms with van der Waals surface area (Å²) in [6.45, 7) is 2.90. The van der Waals surface area contributed by atoms with E-state index in [4.69, 9.17) is 18.9 Å². The monoisotopic (exact) mass is 1510 g/mol. The van der Waals surface area contributed by atoms with Crippen LogP contribution in [0, 0.1) is 0 Å². The highest BCUT2D eigenvalue weighted by atomic mass is 16.7. The van der Waals surface area contributed by atoms with Crippen LogP contribution in [0.5, 0.6) is 0 Å². The van der Waals surface area contributed by atoms with Crippen molar-refractivity contribution in [2.24, 2.45) is 0 Å². The van der Waals surface area contributed by atoms with E-state index >= 15 is 0 Å². The Morgan fingerprint density at radius 3 is 0.868 bits per heavy atom. The van der Waals surface area contributed by atoms with Crippen molar-refractivity contribution in [3.63, 3.8) is 0 Å². The molecule has 0 aromatic carbocycles. The Hall–Kier alpha value is -1.27. The van der Waals surface area contributed by atoms with Crippen molar-refractivity contribution in [1.82, 2.24) is 5.32 Å². The molecule has 0 bridgehead atoms. The van der Waals surface area contributed by atoms with Gasteiger partial charge in [0.25, 0.3) is 0 Å². The van der Waals surface area contributed by atoms with Gasteiger partial charge in [-0.15, -0.1) is 0 Å². The molecule has 0 aromatic heterocycles. The lowest BCUT2D eigenvalue weighted by Gasteiger charge is -2.46. The number of aliphatic hydroxyl groups excluding tert-OH is 8. The SMILES string of the molecule is CCCCCCCCCCCCCCCCCCCCCCCCCCCCCCCC/C=C/C(O)C(COC1OC(CO)C(OC2OC(CO)C(O)C(O)C2O)C(O)C1O)NC(=O)CCCCCCCCCCCCCCCCCCCCCCCCCCCCCCCCCCCCCCCCCC. The molecule has 0 aromatic rings. The van der Waals surface area contributed by atoms with E-state index in [9.17, 15) is 45.6 Å². The lowest BCUT2D eigenvalue weighted by atomic mass is 9.97. The fraction of sp³-hybridized carbons (Fsp3) is 0.967. The van der Waals surface area contributed by atoms with Crippen molar-refractivity contribution < 1.29 is 64.6 Å². The summed E-state index contributed by atoms with van der Waals surface area (Å²) in [6, 6.07) is -0.914. The molecule has 2 saturated heterocycles. The first-order valence-corrected chi connectivity index (χ1v) is 46.9. The quantitative estimate of drug-likeness (QED) is 0.0204. The maximum Gasteiger partial charge on any atom is 0.220 e. The minimum atomic E-state index is -1.79. The van der Waals surface area contributed by atoms with Crippen molar-refractivity contribution in [2.75, 3.05) is 19.8 Å². The Bertz CT molecular complexity index is 1830. The van der Waals surface area contributed by atoms with E-state index in [1.807, 2.05) is 6.08 Å². The third-order valence-corrected chi connectivity index (χ3v) is 23.5. The summed E-state index contributed by atoms with van der Waals surface area (Å²) in [5.74, 6) is -0.227. The Kier molecular flexibility index (Phi) is 72.6. The standard InChI is InChI=1S/C92H179NO13/c1-3-5-7-9-11-13-15-17-19-21-23-25-27-29-31-33-35-37-38-39-40-41-42-43-44-46-48-50-52-54-56-58-60-62-64-66-68-70-72-74-76-84(97)93-80(79-103-91-89(102)87(100)90(83(78-95)105-91)106-92-88(101)86(99)85(98)82(77-94)104-92)81(96)75-73-71-69-67-65-63-61-59-57-55-53-51-49-47-45-36-34-32-30-28-26-24-22-20-18-16-14-12-10-8-6-4-2/h73,75,80-83,85-92,94-96,98-102H,3-72,74,76-79H2,1-2H3,(H,93,97)/b75-73+. The molecular weight excluding hydrogens is 1330 g/mol. The molecule has 0 saturated carbocycles. The number of unbranched alkanes of at least 4 members (excludes halogenated alkanes) is 69. The van der Waals surface area contributed by atoms with Crippen LogP contribution in [-0.4, -0.2) is 140 Å². The van der Waals surface area contributed by atoms with Gasteiger partial charge in [0, 0.05) is 6.42 Å². The van der Waals surface area contributed by atoms with Gasteiger partial charge < -0.3 is 65.1 Å². The first-order valence-electron chi connectivity index (χ1n) is 46.9. The number of carbonyl (C=O) groups is 1. The molecule has 2 fully saturated rings. The van der Waals surface area contributed by atoms with Crippen LogP contribution in [0.2, 0.25) is 0 Å². The Balaban J connectivity index is 1.54. The number of ether oxygens (including phenoxy) is 4. The lowest BCUT2D eigenvalue weighted by Crippen LogP contribution is -2.65. The number of carbonyl (C=O) groups excluding carboxylic acids is 1. The van der Waals surface area contributed by atoms with Crippen LogP contribution in [0.1, 0.15) is 476 Å². The van der Waals surface area contributed by atoms with Crippen LogP contribution in [-0.2, 0) is 23.7 Å². The number of aliphatic hydroxyl groups is 8. The Morgan fingerprint density at radius 1 is 0.330 bits per heavy atom. The number of rotatable bonds is 82. The Labute approximate surface area is 654 Å². The molecule has 1 amide bonds. The molecule has 630 valence electrons. The van der Waals surface area contributed by atoms with Gasteiger partial charge in [0.15, 0.2) is 12.6 Å². The van der Waals surface area contributed by atoms with Crippen LogP contribution in [0.4, 0.5) is 0 Å². The predicted octanol–water partition coefficient (Wildman–Crippen LogP) is 23.2. The second-order valence-electron chi connectivity index (χ2n) is 33.5. The minimum absolute atomic E-state index is 0.227. The normalized spacial score (nSPS) is 21.2. The molecule has 2 heterocycles. The number of hydrogen-bond donors (Lipinski definition) is 9. The summed E-state index contributed by atoms with van der Waals surface area (Å²) in [6.07, 6.45) is 83.6. The molecule has 0 aliphatic carbocycles. The molecule has 2 aliphatic heterocycles. The molecule has 106 heavy (non-hydrogen) atoms. The first-order chi connectivity index (χ1) is 52.1. The largest absolute Gasteiger partial charge is 0.394 e. The van der Waals surface area contributed by atoms with Crippen LogP contribution in [0.25, 0.3) is 0 Å². The van der Waals surface area contributed by atoms with E-state index in [1.54, 1.807) is 6.08 Å². The smallest absolute Gasteiger partial charge is 0.220 e. The van der Waals surface area contributed by atoms with Crippen molar-refractivity contribution in [1.29, 1.82) is 0 Å². The molecule has 14 nitrogen and oxygen atoms in total. The second kappa shape index (κ2) is 76.4. The second-order valence-corrected chi connectivity index (χ2v) is 33.5. The zero-order chi connectivity index (χ0) is 76.5. The van der Waals surface area contributed by atoms with Gasteiger partial charge in [-0.2, -0.15) is 0 Å². The maximum atomic E-state index is 13.4. The van der Waals surface area contributed by atoms with Gasteiger partial charge >= 0.3 is 0 Å². The third kappa shape index (κ3) is 57.7. The fourth-order valence-corrected chi connectivity index (χ4v) is 16.1. The summed E-state index contributed by atoms with van der Waals surface area (Å²) in [4.78, 5) is 13.4. The van der Waals surface area contributed by atoms with Gasteiger partial charge in [0.05, 0.1) is 32.0 Å². The van der Waals surface area contributed by atoms with Crippen LogP contribution in [0.3, 0.4) is 0 Å². The van der Waals surface area contributed by atoms with Crippen LogP contribution in [0.15, 0.2) is 12.2 Å². The molecule has 2 aliphatic rings. The number of allylic oxidation sites excluding steroid dienone is 1. The zero-order valence-electron chi connectivity index (χ0n) is 69.7. The van der Waals surface area contributed by atoms with Crippen molar-refractivity contribution in [3.8, 4) is 0 Å². The maximum absolute atomic E-state index is 13.4. The zero-order valence-corrected chi connectivity index (χ0v) is 69.7. The highest BCUT2D eigenvalue weighted by molar-refractivity contribution is 5.76. The average molecular weight is 1510 g/mol. The number of nitrogens with one attached hydrogen (secondary N) is 1. The molecular formula is C92H179NO13. The molecule has 2 rings (SSSR count). The van der Waals surface area contributed by atoms with E-state index in [1.165, 1.54) is 411 Å². The molecule has 0 radical (unpaired) electrons. The lowest BCUT2D eigenvalue weighted by molar-refractivity contribution is -0.359. The summed E-state index contributed by atoms with van der Waals surface area (Å²) in [7, 11) is 0. The molecule has 0 spiro atoms. The number of amides is 1. The van der Waals surface area contributed by atoms with Crippen molar-refractivity contribution in [2.45, 2.75) is 550 Å². The van der Waals surface area contributed by atoms with Crippen LogP contribution < -0.4 is 5.32 Å². The van der Waals surface area contributed by atoms with Gasteiger partial charge in [-0.05, 0) is 19.3 Å². The Morgan fingerprint density at radius 2 is 0.585 bits per heavy atom. The van der Waals surface area contributed by atoms with Crippen LogP contribution >= 0.6 is 0 Å². The highest BCUT2D eigenvalue weighted by Gasteiger charge is 2.51. The molecule has 12 atom stereocenters. The van der Waals surface area contributed by atoms with Gasteiger partial charge in [0.2, 0.25) is 5.91 Å². The fourth-order valence-electron chi connectivity index (χ4n) is 16.1. The highest BCUT2D eigenvalue weighted by Crippen LogP contribution is 2.31. The first kappa shape index (κ1) is 101. The van der Waals surface area contributed by atoms with Crippen molar-refractivity contribution >= 4 is 5.91 Å². The predicted molar refractivity (Wildman–Crippen MR) is 443 cm³/mol. The topological polar surface area (TPSA) is 228 Å².